The van der Waals surface area contributed by atoms with Gasteiger partial charge >= 0.3 is 5.97 Å². The molecule has 0 bridgehead atoms. The van der Waals surface area contributed by atoms with Crippen molar-refractivity contribution in [2.45, 2.75) is 59.5 Å². The highest BCUT2D eigenvalue weighted by Gasteiger charge is 2.35. The molecular weight excluding hydrogens is 340 g/mol. The number of aryl methyl sites for hydroxylation is 1. The zero-order valence-electron chi connectivity index (χ0n) is 16.5. The summed E-state index contributed by atoms with van der Waals surface area (Å²) in [5.41, 5.74) is 8.72. The third-order valence-electron chi connectivity index (χ3n) is 6.16. The first-order chi connectivity index (χ1) is 12.7. The van der Waals surface area contributed by atoms with E-state index < -0.39 is 18.0 Å². The Hall–Kier alpha value is -2.43. The van der Waals surface area contributed by atoms with Crippen LogP contribution in [0.4, 0.5) is 0 Å². The Labute approximate surface area is 160 Å². The molecule has 144 valence electrons. The second kappa shape index (κ2) is 7.29. The Kier molecular flexibility index (Phi) is 5.22. The Morgan fingerprint density at radius 1 is 1.33 bits per heavy atom. The fourth-order valence-electron chi connectivity index (χ4n) is 3.85. The number of rotatable bonds is 5. The molecule has 2 N–H and O–H groups in total. The number of hydrogen-bond acceptors (Lipinski definition) is 4. The quantitative estimate of drug-likeness (QED) is 0.814. The van der Waals surface area contributed by atoms with E-state index >= 15 is 0 Å². The van der Waals surface area contributed by atoms with E-state index in [1.54, 1.807) is 0 Å². The summed E-state index contributed by atoms with van der Waals surface area (Å²) in [4.78, 5) is 29.2. The maximum Gasteiger partial charge on any atom is 0.339 e. The fraction of sp³-hybridized carbons (Fsp3) is 0.500. The monoisotopic (exact) mass is 368 g/mol. The third kappa shape index (κ3) is 3.68. The normalized spacial score (nSPS) is 18.0. The number of nitrogens with zero attached hydrogens (tertiary/aromatic N) is 1. The first-order valence-electron chi connectivity index (χ1n) is 9.65. The van der Waals surface area contributed by atoms with Crippen molar-refractivity contribution in [1.29, 1.82) is 0 Å². The van der Waals surface area contributed by atoms with Crippen LogP contribution < -0.4 is 5.73 Å². The van der Waals surface area contributed by atoms with E-state index in [0.29, 0.717) is 11.5 Å². The molecule has 0 saturated heterocycles. The van der Waals surface area contributed by atoms with Crippen LogP contribution >= 0.6 is 0 Å². The van der Waals surface area contributed by atoms with Gasteiger partial charge in [-0.2, -0.15) is 0 Å². The molecule has 27 heavy (non-hydrogen) atoms. The topological polar surface area (TPSA) is 82.3 Å². The molecule has 5 nitrogen and oxygen atoms in total. The summed E-state index contributed by atoms with van der Waals surface area (Å²) >= 11 is 0. The fourth-order valence-corrected chi connectivity index (χ4v) is 3.85. The maximum atomic E-state index is 13.0. The molecule has 1 aliphatic rings. The highest BCUT2D eigenvalue weighted by atomic mass is 16.5. The number of carbonyl (C=O) groups is 2. The number of hydrogen-bond donors (Lipinski definition) is 1. The maximum absolute atomic E-state index is 13.0. The van der Waals surface area contributed by atoms with Gasteiger partial charge in [0.25, 0.3) is 5.91 Å². The molecule has 0 saturated carbocycles. The van der Waals surface area contributed by atoms with Gasteiger partial charge in [0.2, 0.25) is 0 Å². The van der Waals surface area contributed by atoms with Gasteiger partial charge in [-0.25, -0.2) is 4.79 Å². The van der Waals surface area contributed by atoms with Crippen LogP contribution in [0.3, 0.4) is 0 Å². The van der Waals surface area contributed by atoms with Gasteiger partial charge < -0.3 is 10.5 Å². The van der Waals surface area contributed by atoms with E-state index in [2.05, 4.69) is 20.8 Å². The van der Waals surface area contributed by atoms with E-state index in [0.717, 1.165) is 47.8 Å². The number of amides is 1. The average molecular weight is 368 g/mol. The minimum Gasteiger partial charge on any atom is -0.449 e. The number of fused-ring (bicyclic) bond motifs is 2. The molecule has 1 aliphatic carbocycles. The molecule has 1 heterocycles. The van der Waals surface area contributed by atoms with E-state index in [-0.39, 0.29) is 5.41 Å². The zero-order chi connectivity index (χ0) is 19.8. The van der Waals surface area contributed by atoms with Crippen molar-refractivity contribution < 1.29 is 14.3 Å². The van der Waals surface area contributed by atoms with Gasteiger partial charge in [0, 0.05) is 11.1 Å². The predicted molar refractivity (Wildman–Crippen MR) is 105 cm³/mol. The SMILES string of the molecule is CCC(C)(C)[C@@H]1CCc2nc3ccccc3c(C(=O)O[C@@H](C)C(N)=O)c2C1. The highest BCUT2D eigenvalue weighted by Crippen LogP contribution is 2.41. The van der Waals surface area contributed by atoms with Crippen molar-refractivity contribution in [2.75, 3.05) is 0 Å². The number of nitrogens with two attached hydrogens (primary N) is 1. The lowest BCUT2D eigenvalue weighted by molar-refractivity contribution is -0.125. The van der Waals surface area contributed by atoms with Gasteiger partial charge in [-0.05, 0) is 49.1 Å². The molecule has 2 aromatic rings. The van der Waals surface area contributed by atoms with Crippen LogP contribution in [0, 0.1) is 11.3 Å². The molecule has 1 aromatic carbocycles. The first-order valence-corrected chi connectivity index (χ1v) is 9.65. The molecular formula is C22H28N2O3. The number of primary amides is 1. The number of esters is 1. The van der Waals surface area contributed by atoms with Crippen molar-refractivity contribution in [3.05, 3.63) is 41.1 Å². The number of carbonyl (C=O) groups excluding carboxylic acids is 2. The van der Waals surface area contributed by atoms with Crippen LogP contribution in [0.15, 0.2) is 24.3 Å². The summed E-state index contributed by atoms with van der Waals surface area (Å²) in [6.45, 7) is 8.27. The van der Waals surface area contributed by atoms with Gasteiger partial charge in [0.15, 0.2) is 6.10 Å². The molecule has 0 unspecified atom stereocenters. The largest absolute Gasteiger partial charge is 0.449 e. The summed E-state index contributed by atoms with van der Waals surface area (Å²) in [5, 5.41) is 0.771. The van der Waals surface area contributed by atoms with Crippen molar-refractivity contribution in [2.24, 2.45) is 17.1 Å². The van der Waals surface area contributed by atoms with Gasteiger partial charge in [-0.1, -0.05) is 45.4 Å². The molecule has 0 aliphatic heterocycles. The summed E-state index contributed by atoms with van der Waals surface area (Å²) in [5.74, 6) is -0.676. The molecule has 0 fully saturated rings. The van der Waals surface area contributed by atoms with Crippen molar-refractivity contribution in [1.82, 2.24) is 4.98 Å². The number of pyridine rings is 1. The molecule has 0 spiro atoms. The summed E-state index contributed by atoms with van der Waals surface area (Å²) in [6, 6.07) is 7.60. The van der Waals surface area contributed by atoms with Gasteiger partial charge in [-0.15, -0.1) is 0 Å². The molecule has 1 amide bonds. The van der Waals surface area contributed by atoms with Crippen LogP contribution in [-0.4, -0.2) is 23.0 Å². The smallest absolute Gasteiger partial charge is 0.339 e. The second-order valence-electron chi connectivity index (χ2n) is 8.16. The summed E-state index contributed by atoms with van der Waals surface area (Å²) < 4.78 is 5.38. The zero-order valence-corrected chi connectivity index (χ0v) is 16.5. The Morgan fingerprint density at radius 3 is 2.70 bits per heavy atom. The minimum absolute atomic E-state index is 0.186. The van der Waals surface area contributed by atoms with Crippen LogP contribution in [0.25, 0.3) is 10.9 Å². The third-order valence-corrected chi connectivity index (χ3v) is 6.16. The lowest BCUT2D eigenvalue weighted by Crippen LogP contribution is -2.33. The Bertz CT molecular complexity index is 889. The standard InChI is InChI=1S/C22H28N2O3/c1-5-22(3,4)14-10-11-18-16(12-14)19(21(26)27-13(2)20(23)25)15-8-6-7-9-17(15)24-18/h6-9,13-14H,5,10-12H2,1-4H3,(H2,23,25)/t13-,14+/m0/s1. The molecule has 1 aromatic heterocycles. The molecule has 3 rings (SSSR count). The van der Waals surface area contributed by atoms with Crippen LogP contribution in [0.5, 0.6) is 0 Å². The Balaban J connectivity index is 2.11. The van der Waals surface area contributed by atoms with E-state index in [4.69, 9.17) is 15.5 Å². The molecule has 0 radical (unpaired) electrons. The molecule has 5 heteroatoms. The predicted octanol–water partition coefficient (Wildman–Crippen LogP) is 3.81. The van der Waals surface area contributed by atoms with Crippen molar-refractivity contribution >= 4 is 22.8 Å². The van der Waals surface area contributed by atoms with Gasteiger partial charge in [-0.3, -0.25) is 9.78 Å². The van der Waals surface area contributed by atoms with E-state index in [1.807, 2.05) is 24.3 Å². The number of benzene rings is 1. The van der Waals surface area contributed by atoms with E-state index in [1.165, 1.54) is 6.92 Å². The lowest BCUT2D eigenvalue weighted by atomic mass is 9.68. The van der Waals surface area contributed by atoms with E-state index in [9.17, 15) is 9.59 Å². The van der Waals surface area contributed by atoms with Crippen LogP contribution in [0.1, 0.15) is 62.2 Å². The average Bonchev–Trinajstić information content (AvgIpc) is 2.65. The number of aromatic nitrogens is 1. The number of para-hydroxylation sites is 1. The molecule has 2 atom stereocenters. The Morgan fingerprint density at radius 2 is 2.04 bits per heavy atom. The summed E-state index contributed by atoms with van der Waals surface area (Å²) in [6.07, 6.45) is 2.81. The number of ether oxygens (including phenoxy) is 1. The first kappa shape index (κ1) is 19.3. The minimum atomic E-state index is -0.966. The highest BCUT2D eigenvalue weighted by molar-refractivity contribution is 6.05. The van der Waals surface area contributed by atoms with Crippen molar-refractivity contribution in [3.8, 4) is 0 Å². The summed E-state index contributed by atoms with van der Waals surface area (Å²) in [7, 11) is 0. The van der Waals surface area contributed by atoms with Gasteiger partial charge in [0.05, 0.1) is 11.1 Å². The lowest BCUT2D eigenvalue weighted by Gasteiger charge is -2.37. The van der Waals surface area contributed by atoms with Crippen LogP contribution in [-0.2, 0) is 22.4 Å². The van der Waals surface area contributed by atoms with Crippen LogP contribution in [0.2, 0.25) is 0 Å². The van der Waals surface area contributed by atoms with Crippen molar-refractivity contribution in [3.63, 3.8) is 0 Å². The van der Waals surface area contributed by atoms with Gasteiger partial charge in [0.1, 0.15) is 0 Å². The second-order valence-corrected chi connectivity index (χ2v) is 8.16.